The number of thiazole rings is 1. The molecule has 2 N–H and O–H groups in total. The molecule has 0 spiro atoms. The Morgan fingerprint density at radius 1 is 1.37 bits per heavy atom. The van der Waals surface area contributed by atoms with Crippen LogP contribution < -0.4 is 10.6 Å². The largest absolute Gasteiger partial charge is 0.393 e. The van der Waals surface area contributed by atoms with Gasteiger partial charge in [-0.05, 0) is 12.1 Å². The molecule has 0 saturated heterocycles. The molecule has 2 aromatic rings. The lowest BCUT2D eigenvalue weighted by Gasteiger charge is -2.21. The molecule has 0 aliphatic carbocycles. The van der Waals surface area contributed by atoms with Gasteiger partial charge in [-0.2, -0.15) is 0 Å². The minimum absolute atomic E-state index is 0.0787. The quantitative estimate of drug-likeness (QED) is 0.860. The Morgan fingerprint density at radius 2 is 2.11 bits per heavy atom. The fourth-order valence-electron chi connectivity index (χ4n) is 1.63. The molecule has 0 radical (unpaired) electrons. The summed E-state index contributed by atoms with van der Waals surface area (Å²) in [5, 5.41) is 0. The van der Waals surface area contributed by atoms with E-state index in [9.17, 15) is 4.79 Å². The third kappa shape index (κ3) is 3.59. The second kappa shape index (κ2) is 6.40. The lowest BCUT2D eigenvalue weighted by molar-refractivity contribution is 0.0991. The number of para-hydroxylation sites is 1. The van der Waals surface area contributed by atoms with Gasteiger partial charge in [0.2, 0.25) is 0 Å². The highest BCUT2D eigenvalue weighted by atomic mass is 32.1. The first kappa shape index (κ1) is 13.6. The number of amides is 1. The van der Waals surface area contributed by atoms with Gasteiger partial charge < -0.3 is 10.6 Å². The van der Waals surface area contributed by atoms with E-state index in [0.717, 1.165) is 5.69 Å². The fraction of sp³-hybridized carbons (Fsp3) is 0.154. The Hall–Kier alpha value is -1.79. The first-order valence-electron chi connectivity index (χ1n) is 5.72. The lowest BCUT2D eigenvalue weighted by Crippen LogP contribution is -2.33. The molecule has 4 nitrogen and oxygen atoms in total. The maximum atomic E-state index is 12.4. The van der Waals surface area contributed by atoms with Crippen LogP contribution in [0.1, 0.15) is 16.1 Å². The van der Waals surface area contributed by atoms with E-state index in [1.54, 1.807) is 16.6 Å². The molecule has 0 fully saturated rings. The van der Waals surface area contributed by atoms with Crippen LogP contribution in [0.5, 0.6) is 0 Å². The van der Waals surface area contributed by atoms with Crippen molar-refractivity contribution in [2.24, 2.45) is 5.73 Å². The Labute approximate surface area is 120 Å². The first-order chi connectivity index (χ1) is 9.18. The first-order valence-corrected chi connectivity index (χ1v) is 7.01. The van der Waals surface area contributed by atoms with Crippen LogP contribution in [0, 0.1) is 0 Å². The maximum absolute atomic E-state index is 12.4. The molecule has 0 unspecified atom stereocenters. The van der Waals surface area contributed by atoms with Gasteiger partial charge in [0, 0.05) is 18.7 Å². The summed E-state index contributed by atoms with van der Waals surface area (Å²) in [6.07, 6.45) is 2.07. The zero-order valence-corrected chi connectivity index (χ0v) is 11.8. The summed E-state index contributed by atoms with van der Waals surface area (Å²) < 4.78 is 0. The molecule has 2 rings (SSSR count). The number of aromatic nitrogens is 1. The monoisotopic (exact) mass is 291 g/mol. The van der Waals surface area contributed by atoms with Crippen molar-refractivity contribution in [2.75, 3.05) is 11.4 Å². The van der Waals surface area contributed by atoms with Crippen molar-refractivity contribution in [1.29, 1.82) is 0 Å². The number of thiocarbonyl (C=S) groups is 1. The van der Waals surface area contributed by atoms with Gasteiger partial charge in [0.1, 0.15) is 4.88 Å². The predicted octanol–water partition coefficient (Wildman–Crippen LogP) is 2.47. The summed E-state index contributed by atoms with van der Waals surface area (Å²) >= 11 is 6.20. The highest BCUT2D eigenvalue weighted by Crippen LogP contribution is 2.18. The van der Waals surface area contributed by atoms with Crippen molar-refractivity contribution in [1.82, 2.24) is 4.98 Å². The summed E-state index contributed by atoms with van der Waals surface area (Å²) in [6, 6.07) is 9.47. The van der Waals surface area contributed by atoms with Crippen LogP contribution in [0.25, 0.3) is 0 Å². The van der Waals surface area contributed by atoms with Crippen molar-refractivity contribution in [3.63, 3.8) is 0 Å². The van der Waals surface area contributed by atoms with Crippen molar-refractivity contribution < 1.29 is 4.79 Å². The molecule has 0 aliphatic rings. The van der Waals surface area contributed by atoms with Gasteiger partial charge in [-0.25, -0.2) is 0 Å². The molecule has 19 heavy (non-hydrogen) atoms. The number of rotatable bonds is 5. The normalized spacial score (nSPS) is 10.1. The zero-order chi connectivity index (χ0) is 13.7. The van der Waals surface area contributed by atoms with E-state index in [-0.39, 0.29) is 5.91 Å². The van der Waals surface area contributed by atoms with Crippen LogP contribution in [-0.4, -0.2) is 22.4 Å². The van der Waals surface area contributed by atoms with E-state index in [2.05, 4.69) is 4.98 Å². The van der Waals surface area contributed by atoms with Gasteiger partial charge in [-0.1, -0.05) is 30.4 Å². The van der Waals surface area contributed by atoms with Gasteiger partial charge in [0.15, 0.2) is 0 Å². The minimum Gasteiger partial charge on any atom is -0.393 e. The molecule has 6 heteroatoms. The van der Waals surface area contributed by atoms with Crippen LogP contribution in [0.15, 0.2) is 42.0 Å². The van der Waals surface area contributed by atoms with Gasteiger partial charge >= 0.3 is 0 Å². The highest BCUT2D eigenvalue weighted by molar-refractivity contribution is 7.80. The van der Waals surface area contributed by atoms with Crippen molar-refractivity contribution in [3.8, 4) is 0 Å². The Bertz CT molecular complexity index is 555. The van der Waals surface area contributed by atoms with Crippen molar-refractivity contribution in [2.45, 2.75) is 6.42 Å². The van der Waals surface area contributed by atoms with Crippen LogP contribution in [-0.2, 0) is 0 Å². The molecule has 0 aliphatic heterocycles. The van der Waals surface area contributed by atoms with Gasteiger partial charge in [0.05, 0.1) is 16.7 Å². The molecule has 0 saturated carbocycles. The predicted molar refractivity (Wildman–Crippen MR) is 81.6 cm³/mol. The molecule has 98 valence electrons. The van der Waals surface area contributed by atoms with Crippen LogP contribution >= 0.6 is 23.6 Å². The molecule has 0 atom stereocenters. The zero-order valence-electron chi connectivity index (χ0n) is 10.2. The fourth-order valence-corrected chi connectivity index (χ4v) is 2.29. The van der Waals surface area contributed by atoms with Crippen LogP contribution in [0.4, 0.5) is 5.69 Å². The Kier molecular flexibility index (Phi) is 4.59. The third-order valence-electron chi connectivity index (χ3n) is 2.54. The second-order valence-corrected chi connectivity index (χ2v) is 5.29. The smallest absolute Gasteiger partial charge is 0.269 e. The highest BCUT2D eigenvalue weighted by Gasteiger charge is 2.18. The number of nitrogens with two attached hydrogens (primary N) is 1. The van der Waals surface area contributed by atoms with Crippen LogP contribution in [0.2, 0.25) is 0 Å². The molecule has 1 aromatic heterocycles. The van der Waals surface area contributed by atoms with Gasteiger partial charge in [0.25, 0.3) is 5.91 Å². The summed E-state index contributed by atoms with van der Waals surface area (Å²) in [5.41, 5.74) is 7.99. The molecular formula is C13H13N3OS2. The standard InChI is InChI=1S/C13H13N3OS2/c14-12(18)6-7-16(10-4-2-1-3-5-10)13(17)11-8-15-9-19-11/h1-5,8-9H,6-7H2,(H2,14,18). The molecule has 1 aromatic carbocycles. The molecule has 1 heterocycles. The van der Waals surface area contributed by atoms with Gasteiger partial charge in [-0.3, -0.25) is 9.78 Å². The summed E-state index contributed by atoms with van der Waals surface area (Å²) in [4.78, 5) is 19.0. The van der Waals surface area contributed by atoms with E-state index < -0.39 is 0 Å². The maximum Gasteiger partial charge on any atom is 0.269 e. The molecular weight excluding hydrogens is 278 g/mol. The number of hydrogen-bond acceptors (Lipinski definition) is 4. The van der Waals surface area contributed by atoms with Gasteiger partial charge in [-0.15, -0.1) is 11.3 Å². The van der Waals surface area contributed by atoms with Crippen molar-refractivity contribution in [3.05, 3.63) is 46.9 Å². The SMILES string of the molecule is NC(=S)CCN(C(=O)c1cncs1)c1ccccc1. The molecule has 1 amide bonds. The minimum atomic E-state index is -0.0787. The number of carbonyl (C=O) groups excluding carboxylic acids is 1. The van der Waals surface area contributed by atoms with E-state index in [1.807, 2.05) is 30.3 Å². The number of hydrogen-bond donors (Lipinski definition) is 1. The number of benzene rings is 1. The Morgan fingerprint density at radius 3 is 2.68 bits per heavy atom. The number of anilines is 1. The van der Waals surface area contributed by atoms with Crippen LogP contribution in [0.3, 0.4) is 0 Å². The van der Waals surface area contributed by atoms with Crippen molar-refractivity contribution >= 4 is 40.1 Å². The topological polar surface area (TPSA) is 59.2 Å². The summed E-state index contributed by atoms with van der Waals surface area (Å²) in [7, 11) is 0. The van der Waals surface area contributed by atoms with E-state index in [4.69, 9.17) is 18.0 Å². The average Bonchev–Trinajstić information content (AvgIpc) is 2.93. The summed E-state index contributed by atoms with van der Waals surface area (Å²) in [6.45, 7) is 0.468. The van der Waals surface area contributed by atoms with E-state index >= 15 is 0 Å². The summed E-state index contributed by atoms with van der Waals surface area (Å²) in [5.74, 6) is -0.0787. The Balaban J connectivity index is 2.24. The van der Waals surface area contributed by atoms with E-state index in [0.29, 0.717) is 22.8 Å². The molecule has 0 bridgehead atoms. The lowest BCUT2D eigenvalue weighted by atomic mass is 10.2. The number of nitrogens with zero attached hydrogens (tertiary/aromatic N) is 2. The third-order valence-corrected chi connectivity index (χ3v) is 3.50. The average molecular weight is 291 g/mol. The number of carbonyl (C=O) groups is 1. The van der Waals surface area contributed by atoms with E-state index in [1.165, 1.54) is 11.3 Å². The second-order valence-electron chi connectivity index (χ2n) is 3.87.